The van der Waals surface area contributed by atoms with E-state index in [4.69, 9.17) is 5.26 Å². The van der Waals surface area contributed by atoms with Gasteiger partial charge in [0.1, 0.15) is 6.54 Å². The zero-order valence-corrected chi connectivity index (χ0v) is 11.2. The Hall–Kier alpha value is -1.68. The molecular formula is C13H11F3N2OS. The van der Waals surface area contributed by atoms with Gasteiger partial charge in [-0.1, -0.05) is 6.07 Å². The van der Waals surface area contributed by atoms with Crippen LogP contribution in [0.5, 0.6) is 0 Å². The number of alkyl halides is 3. The number of amides is 1. The first kappa shape index (κ1) is 14.7. The van der Waals surface area contributed by atoms with Crippen LogP contribution >= 0.6 is 11.8 Å². The molecule has 1 heterocycles. The summed E-state index contributed by atoms with van der Waals surface area (Å²) >= 11 is 1.21. The molecule has 1 amide bonds. The molecule has 0 bridgehead atoms. The van der Waals surface area contributed by atoms with Crippen molar-refractivity contribution in [3.8, 4) is 6.07 Å². The van der Waals surface area contributed by atoms with E-state index in [1.54, 1.807) is 24.3 Å². The van der Waals surface area contributed by atoms with Gasteiger partial charge < -0.3 is 4.90 Å². The summed E-state index contributed by atoms with van der Waals surface area (Å²) in [6.45, 7) is -1.07. The largest absolute Gasteiger partial charge is 0.406 e. The first-order valence-corrected chi connectivity index (χ1v) is 6.79. The van der Waals surface area contributed by atoms with Gasteiger partial charge in [-0.05, 0) is 24.6 Å². The average molecular weight is 300 g/mol. The molecule has 1 aliphatic heterocycles. The summed E-state index contributed by atoms with van der Waals surface area (Å²) in [5.74, 6) is -0.491. The number of carbonyl (C=O) groups is 1. The molecule has 2 rings (SSSR count). The molecule has 0 unspecified atom stereocenters. The van der Waals surface area contributed by atoms with E-state index >= 15 is 0 Å². The van der Waals surface area contributed by atoms with E-state index in [2.05, 4.69) is 0 Å². The lowest BCUT2D eigenvalue weighted by Crippen LogP contribution is -2.36. The van der Waals surface area contributed by atoms with E-state index < -0.39 is 23.9 Å². The smallest absolute Gasteiger partial charge is 0.333 e. The molecule has 1 aromatic carbocycles. The van der Waals surface area contributed by atoms with Crippen LogP contribution in [0.3, 0.4) is 0 Å². The summed E-state index contributed by atoms with van der Waals surface area (Å²) in [6, 6.07) is 8.68. The van der Waals surface area contributed by atoms with Crippen LogP contribution in [-0.2, 0) is 4.79 Å². The topological polar surface area (TPSA) is 44.1 Å². The molecule has 1 aliphatic rings. The van der Waals surface area contributed by atoms with Crippen LogP contribution in [0.2, 0.25) is 0 Å². The van der Waals surface area contributed by atoms with Crippen LogP contribution < -0.4 is 0 Å². The van der Waals surface area contributed by atoms with Gasteiger partial charge in [0.25, 0.3) is 0 Å². The Morgan fingerprint density at radius 2 is 2.20 bits per heavy atom. The van der Waals surface area contributed by atoms with Crippen molar-refractivity contribution in [3.05, 3.63) is 29.8 Å². The lowest BCUT2D eigenvalue weighted by Gasteiger charge is -2.18. The fraction of sp³-hybridized carbons (Fsp3) is 0.385. The third-order valence-electron chi connectivity index (χ3n) is 2.86. The third kappa shape index (κ3) is 3.67. The number of nitrogens with zero attached hydrogens (tertiary/aromatic N) is 2. The van der Waals surface area contributed by atoms with Gasteiger partial charge in [0.15, 0.2) is 0 Å². The molecule has 0 aromatic heterocycles. The highest BCUT2D eigenvalue weighted by Crippen LogP contribution is 2.32. The molecule has 20 heavy (non-hydrogen) atoms. The SMILES string of the molecule is N#Cc1cccc(S[C@H]2CCN(CC(F)(F)F)C2=O)c1. The number of nitriles is 1. The summed E-state index contributed by atoms with van der Waals surface area (Å²) < 4.78 is 36.9. The van der Waals surface area contributed by atoms with Gasteiger partial charge >= 0.3 is 6.18 Å². The number of benzene rings is 1. The van der Waals surface area contributed by atoms with Crippen molar-refractivity contribution in [1.29, 1.82) is 5.26 Å². The number of hydrogen-bond acceptors (Lipinski definition) is 3. The maximum atomic E-state index is 12.3. The average Bonchev–Trinajstić information content (AvgIpc) is 2.70. The van der Waals surface area contributed by atoms with Crippen molar-refractivity contribution in [2.24, 2.45) is 0 Å². The van der Waals surface area contributed by atoms with Crippen LogP contribution in [0.15, 0.2) is 29.2 Å². The summed E-state index contributed by atoms with van der Waals surface area (Å²) in [7, 11) is 0. The lowest BCUT2D eigenvalue weighted by atomic mass is 10.2. The van der Waals surface area contributed by atoms with Crippen molar-refractivity contribution in [2.75, 3.05) is 13.1 Å². The predicted molar refractivity (Wildman–Crippen MR) is 68.1 cm³/mol. The molecule has 1 fully saturated rings. The maximum absolute atomic E-state index is 12.3. The molecule has 106 valence electrons. The van der Waals surface area contributed by atoms with Gasteiger partial charge in [0, 0.05) is 11.4 Å². The molecule has 3 nitrogen and oxygen atoms in total. The molecular weight excluding hydrogens is 289 g/mol. The summed E-state index contributed by atoms with van der Waals surface area (Å²) in [5, 5.41) is 8.28. The van der Waals surface area contributed by atoms with Gasteiger partial charge in [0.2, 0.25) is 5.91 Å². The first-order valence-electron chi connectivity index (χ1n) is 5.91. The standard InChI is InChI=1S/C13H11F3N2OS/c14-13(15,16)8-18-5-4-11(12(18)19)20-10-3-1-2-9(6-10)7-17/h1-3,6,11H,4-5,8H2/t11-/m0/s1. The van der Waals surface area contributed by atoms with Crippen LogP contribution in [0.1, 0.15) is 12.0 Å². The molecule has 0 radical (unpaired) electrons. The second-order valence-electron chi connectivity index (χ2n) is 4.41. The van der Waals surface area contributed by atoms with Gasteiger partial charge in [-0.3, -0.25) is 4.79 Å². The predicted octanol–water partition coefficient (Wildman–Crippen LogP) is 2.81. The Morgan fingerprint density at radius 1 is 1.45 bits per heavy atom. The second-order valence-corrected chi connectivity index (χ2v) is 5.69. The molecule has 0 N–H and O–H groups in total. The fourth-order valence-electron chi connectivity index (χ4n) is 2.00. The van der Waals surface area contributed by atoms with E-state index in [0.29, 0.717) is 12.0 Å². The Kier molecular flexibility index (Phi) is 4.23. The quantitative estimate of drug-likeness (QED) is 0.862. The third-order valence-corrected chi connectivity index (χ3v) is 4.11. The van der Waals surface area contributed by atoms with Crippen LogP contribution in [-0.4, -0.2) is 35.3 Å². The summed E-state index contributed by atoms with van der Waals surface area (Å²) in [4.78, 5) is 13.4. The number of carbonyl (C=O) groups excluding carboxylic acids is 1. The van der Waals surface area contributed by atoms with Crippen LogP contribution in [0.4, 0.5) is 13.2 Å². The summed E-state index contributed by atoms with van der Waals surface area (Å²) in [6.07, 6.45) is -3.98. The number of rotatable bonds is 3. The Morgan fingerprint density at radius 3 is 2.85 bits per heavy atom. The minimum atomic E-state index is -4.37. The Bertz CT molecular complexity index is 553. The van der Waals surface area contributed by atoms with Gasteiger partial charge in [-0.25, -0.2) is 0 Å². The molecule has 0 spiro atoms. The van der Waals surface area contributed by atoms with E-state index in [-0.39, 0.29) is 6.54 Å². The van der Waals surface area contributed by atoms with Crippen LogP contribution in [0, 0.1) is 11.3 Å². The molecule has 1 saturated heterocycles. The van der Waals surface area contributed by atoms with E-state index in [1.165, 1.54) is 11.8 Å². The van der Waals surface area contributed by atoms with Crippen molar-refractivity contribution in [3.63, 3.8) is 0 Å². The maximum Gasteiger partial charge on any atom is 0.406 e. The van der Waals surface area contributed by atoms with Gasteiger partial charge in [0.05, 0.1) is 16.9 Å². The monoisotopic (exact) mass is 300 g/mol. The highest BCUT2D eigenvalue weighted by molar-refractivity contribution is 8.00. The number of hydrogen-bond donors (Lipinski definition) is 0. The fourth-order valence-corrected chi connectivity index (χ4v) is 3.15. The van der Waals surface area contributed by atoms with E-state index in [0.717, 1.165) is 9.80 Å². The molecule has 7 heteroatoms. The normalized spacial score (nSPS) is 19.2. The highest BCUT2D eigenvalue weighted by Gasteiger charge is 2.39. The van der Waals surface area contributed by atoms with Crippen LogP contribution in [0.25, 0.3) is 0 Å². The Labute approximate surface area is 118 Å². The first-order chi connectivity index (χ1) is 9.39. The molecule has 1 atom stereocenters. The van der Waals surface area contributed by atoms with Gasteiger partial charge in [-0.2, -0.15) is 18.4 Å². The minimum absolute atomic E-state index is 0.119. The van der Waals surface area contributed by atoms with Crippen molar-refractivity contribution < 1.29 is 18.0 Å². The number of halogens is 3. The van der Waals surface area contributed by atoms with Gasteiger partial charge in [-0.15, -0.1) is 11.8 Å². The zero-order valence-electron chi connectivity index (χ0n) is 10.4. The molecule has 0 aliphatic carbocycles. The number of thioether (sulfide) groups is 1. The lowest BCUT2D eigenvalue weighted by molar-refractivity contribution is -0.157. The van der Waals surface area contributed by atoms with Crippen molar-refractivity contribution in [2.45, 2.75) is 22.7 Å². The molecule has 1 aromatic rings. The van der Waals surface area contributed by atoms with E-state index in [9.17, 15) is 18.0 Å². The van der Waals surface area contributed by atoms with Crippen molar-refractivity contribution in [1.82, 2.24) is 4.90 Å². The summed E-state index contributed by atoms with van der Waals surface area (Å²) in [5.41, 5.74) is 0.465. The van der Waals surface area contributed by atoms with E-state index in [1.807, 2.05) is 6.07 Å². The minimum Gasteiger partial charge on any atom is -0.333 e. The molecule has 0 saturated carbocycles. The number of likely N-dealkylation sites (tertiary alicyclic amines) is 1. The Balaban J connectivity index is 2.01. The van der Waals surface area contributed by atoms with Crippen molar-refractivity contribution >= 4 is 17.7 Å². The highest BCUT2D eigenvalue weighted by atomic mass is 32.2. The zero-order chi connectivity index (χ0) is 14.8. The second kappa shape index (κ2) is 5.75.